The standard InChI is InChI=1S/C17H21NO/c1-4-17(19)15-7-5-6-8-16(15)18(3)14-11-9-13(2)10-12-14/h5-12,17,19H,4H2,1-3H3. The third-order valence-electron chi connectivity index (χ3n) is 3.47. The summed E-state index contributed by atoms with van der Waals surface area (Å²) in [5.74, 6) is 0. The Hall–Kier alpha value is -1.80. The number of aliphatic hydroxyl groups is 1. The van der Waals surface area contributed by atoms with Gasteiger partial charge in [-0.05, 0) is 31.5 Å². The Morgan fingerprint density at radius 1 is 1.05 bits per heavy atom. The first-order valence-corrected chi connectivity index (χ1v) is 6.71. The Balaban J connectivity index is 2.38. The maximum absolute atomic E-state index is 10.1. The van der Waals surface area contributed by atoms with E-state index < -0.39 is 6.10 Å². The molecule has 100 valence electrons. The summed E-state index contributed by atoms with van der Waals surface area (Å²) in [7, 11) is 2.03. The zero-order valence-electron chi connectivity index (χ0n) is 11.8. The molecule has 0 aliphatic carbocycles. The second kappa shape index (κ2) is 5.89. The molecule has 0 fully saturated rings. The van der Waals surface area contributed by atoms with E-state index in [9.17, 15) is 5.11 Å². The predicted octanol–water partition coefficient (Wildman–Crippen LogP) is 4.21. The second-order valence-corrected chi connectivity index (χ2v) is 4.88. The Labute approximate surface area is 115 Å². The minimum Gasteiger partial charge on any atom is -0.388 e. The van der Waals surface area contributed by atoms with Crippen LogP contribution in [0.1, 0.15) is 30.6 Å². The molecular formula is C17H21NO. The Bertz CT molecular complexity index is 533. The first-order chi connectivity index (χ1) is 9.13. The lowest BCUT2D eigenvalue weighted by molar-refractivity contribution is 0.174. The van der Waals surface area contributed by atoms with Crippen molar-refractivity contribution < 1.29 is 5.11 Å². The van der Waals surface area contributed by atoms with E-state index in [0.29, 0.717) is 0 Å². The Kier molecular flexibility index (Phi) is 4.23. The minimum atomic E-state index is -0.413. The van der Waals surface area contributed by atoms with E-state index in [1.807, 2.05) is 38.2 Å². The summed E-state index contributed by atoms with van der Waals surface area (Å²) >= 11 is 0. The summed E-state index contributed by atoms with van der Waals surface area (Å²) in [6, 6.07) is 16.4. The summed E-state index contributed by atoms with van der Waals surface area (Å²) < 4.78 is 0. The van der Waals surface area contributed by atoms with Gasteiger partial charge in [0.05, 0.1) is 6.10 Å². The zero-order valence-corrected chi connectivity index (χ0v) is 11.8. The molecule has 0 bridgehead atoms. The van der Waals surface area contributed by atoms with Crippen LogP contribution < -0.4 is 4.90 Å². The first kappa shape index (κ1) is 13.6. The number of aliphatic hydroxyl groups excluding tert-OH is 1. The molecule has 0 amide bonds. The highest BCUT2D eigenvalue weighted by atomic mass is 16.3. The fraction of sp³-hybridized carbons (Fsp3) is 0.294. The van der Waals surface area contributed by atoms with Gasteiger partial charge in [-0.15, -0.1) is 0 Å². The third-order valence-corrected chi connectivity index (χ3v) is 3.47. The Morgan fingerprint density at radius 3 is 2.32 bits per heavy atom. The number of nitrogens with zero attached hydrogens (tertiary/aromatic N) is 1. The molecule has 2 aromatic rings. The van der Waals surface area contributed by atoms with Gasteiger partial charge in [-0.1, -0.05) is 42.8 Å². The molecule has 0 aromatic heterocycles. The van der Waals surface area contributed by atoms with E-state index >= 15 is 0 Å². The van der Waals surface area contributed by atoms with Crippen molar-refractivity contribution >= 4 is 11.4 Å². The molecule has 2 rings (SSSR count). The van der Waals surface area contributed by atoms with Crippen molar-refractivity contribution in [2.45, 2.75) is 26.4 Å². The number of benzene rings is 2. The van der Waals surface area contributed by atoms with Crippen LogP contribution in [0.15, 0.2) is 48.5 Å². The van der Waals surface area contributed by atoms with Crippen LogP contribution >= 0.6 is 0 Å². The van der Waals surface area contributed by atoms with Crippen LogP contribution in [0, 0.1) is 6.92 Å². The van der Waals surface area contributed by atoms with Crippen molar-refractivity contribution in [1.82, 2.24) is 0 Å². The molecule has 1 N–H and O–H groups in total. The number of para-hydroxylation sites is 1. The molecule has 0 aliphatic heterocycles. The lowest BCUT2D eigenvalue weighted by Crippen LogP contribution is -2.13. The van der Waals surface area contributed by atoms with E-state index in [0.717, 1.165) is 23.4 Å². The van der Waals surface area contributed by atoms with Gasteiger partial charge < -0.3 is 10.0 Å². The fourth-order valence-corrected chi connectivity index (χ4v) is 2.20. The second-order valence-electron chi connectivity index (χ2n) is 4.88. The van der Waals surface area contributed by atoms with E-state index in [4.69, 9.17) is 0 Å². The molecule has 2 nitrogen and oxygen atoms in total. The van der Waals surface area contributed by atoms with Gasteiger partial charge in [0.2, 0.25) is 0 Å². The summed E-state index contributed by atoms with van der Waals surface area (Å²) in [6.45, 7) is 4.08. The van der Waals surface area contributed by atoms with Crippen molar-refractivity contribution in [3.05, 3.63) is 59.7 Å². The molecule has 0 saturated heterocycles. The maximum Gasteiger partial charge on any atom is 0.0807 e. The van der Waals surface area contributed by atoms with Crippen LogP contribution in [0.2, 0.25) is 0 Å². The number of anilines is 2. The number of hydrogen-bond acceptors (Lipinski definition) is 2. The monoisotopic (exact) mass is 255 g/mol. The predicted molar refractivity (Wildman–Crippen MR) is 80.9 cm³/mol. The summed E-state index contributed by atoms with van der Waals surface area (Å²) in [5.41, 5.74) is 4.41. The molecule has 0 spiro atoms. The van der Waals surface area contributed by atoms with Gasteiger partial charge in [0.15, 0.2) is 0 Å². The van der Waals surface area contributed by atoms with Crippen LogP contribution in [0.3, 0.4) is 0 Å². The molecule has 1 unspecified atom stereocenters. The molecule has 0 aliphatic rings. The SMILES string of the molecule is CCC(O)c1ccccc1N(C)c1ccc(C)cc1. The van der Waals surface area contributed by atoms with Gasteiger partial charge in [-0.25, -0.2) is 0 Å². The molecule has 19 heavy (non-hydrogen) atoms. The lowest BCUT2D eigenvalue weighted by atomic mass is 10.0. The quantitative estimate of drug-likeness (QED) is 0.884. The van der Waals surface area contributed by atoms with Crippen LogP contribution in [-0.2, 0) is 0 Å². The fourth-order valence-electron chi connectivity index (χ4n) is 2.20. The van der Waals surface area contributed by atoms with Crippen molar-refractivity contribution in [1.29, 1.82) is 0 Å². The number of rotatable bonds is 4. The summed E-state index contributed by atoms with van der Waals surface area (Å²) in [6.07, 6.45) is 0.308. The molecule has 0 heterocycles. The third kappa shape index (κ3) is 2.96. The molecule has 1 atom stereocenters. The van der Waals surface area contributed by atoms with Crippen LogP contribution in [0.5, 0.6) is 0 Å². The maximum atomic E-state index is 10.1. The van der Waals surface area contributed by atoms with Gasteiger partial charge in [-0.2, -0.15) is 0 Å². The van der Waals surface area contributed by atoms with Crippen molar-refractivity contribution in [3.63, 3.8) is 0 Å². The Morgan fingerprint density at radius 2 is 1.68 bits per heavy atom. The van der Waals surface area contributed by atoms with Gasteiger partial charge in [-0.3, -0.25) is 0 Å². The average Bonchev–Trinajstić information content (AvgIpc) is 2.46. The normalized spacial score (nSPS) is 12.2. The van der Waals surface area contributed by atoms with Gasteiger partial charge in [0, 0.05) is 24.0 Å². The average molecular weight is 255 g/mol. The topological polar surface area (TPSA) is 23.5 Å². The highest BCUT2D eigenvalue weighted by Gasteiger charge is 2.13. The van der Waals surface area contributed by atoms with Crippen LogP contribution in [0.4, 0.5) is 11.4 Å². The summed E-state index contributed by atoms with van der Waals surface area (Å²) in [5, 5.41) is 10.1. The van der Waals surface area contributed by atoms with E-state index in [2.05, 4.69) is 36.1 Å². The molecule has 0 saturated carbocycles. The lowest BCUT2D eigenvalue weighted by Gasteiger charge is -2.24. The first-order valence-electron chi connectivity index (χ1n) is 6.71. The van der Waals surface area contributed by atoms with Crippen molar-refractivity contribution in [2.75, 3.05) is 11.9 Å². The van der Waals surface area contributed by atoms with Crippen LogP contribution in [-0.4, -0.2) is 12.2 Å². The van der Waals surface area contributed by atoms with E-state index in [1.165, 1.54) is 5.56 Å². The smallest absolute Gasteiger partial charge is 0.0807 e. The minimum absolute atomic E-state index is 0.413. The van der Waals surface area contributed by atoms with Gasteiger partial charge in [0.1, 0.15) is 0 Å². The van der Waals surface area contributed by atoms with Crippen molar-refractivity contribution in [3.8, 4) is 0 Å². The van der Waals surface area contributed by atoms with Gasteiger partial charge >= 0.3 is 0 Å². The number of hydrogen-bond donors (Lipinski definition) is 1. The van der Waals surface area contributed by atoms with Gasteiger partial charge in [0.25, 0.3) is 0 Å². The van der Waals surface area contributed by atoms with Crippen LogP contribution in [0.25, 0.3) is 0 Å². The summed E-state index contributed by atoms with van der Waals surface area (Å²) in [4.78, 5) is 2.12. The highest BCUT2D eigenvalue weighted by Crippen LogP contribution is 2.31. The molecule has 2 aromatic carbocycles. The molecular weight excluding hydrogens is 234 g/mol. The zero-order chi connectivity index (χ0) is 13.8. The van der Waals surface area contributed by atoms with E-state index in [1.54, 1.807) is 0 Å². The highest BCUT2D eigenvalue weighted by molar-refractivity contribution is 5.66. The number of aryl methyl sites for hydroxylation is 1. The molecule has 0 radical (unpaired) electrons. The largest absolute Gasteiger partial charge is 0.388 e. The molecule has 2 heteroatoms. The van der Waals surface area contributed by atoms with E-state index in [-0.39, 0.29) is 0 Å². The van der Waals surface area contributed by atoms with Crippen molar-refractivity contribution in [2.24, 2.45) is 0 Å².